The number of anilines is 1. The molecule has 1 aromatic heterocycles. The number of hydrogen-bond donors (Lipinski definition) is 2. The predicted molar refractivity (Wildman–Crippen MR) is 71.3 cm³/mol. The first kappa shape index (κ1) is 12.9. The third kappa shape index (κ3) is 3.48. The fourth-order valence-electron chi connectivity index (χ4n) is 2.35. The SMILES string of the molecule is CC(Nc1ccn(C)n1)C(=O)NC1CCCCC1. The van der Waals surface area contributed by atoms with Crippen LogP contribution in [0, 0.1) is 0 Å². The van der Waals surface area contributed by atoms with Crippen LogP contribution in [-0.4, -0.2) is 27.8 Å². The Morgan fingerprint density at radius 1 is 1.44 bits per heavy atom. The highest BCUT2D eigenvalue weighted by molar-refractivity contribution is 5.84. The van der Waals surface area contributed by atoms with Crippen LogP contribution in [0.5, 0.6) is 0 Å². The van der Waals surface area contributed by atoms with E-state index in [0.29, 0.717) is 6.04 Å². The van der Waals surface area contributed by atoms with Gasteiger partial charge in [-0.2, -0.15) is 5.10 Å². The molecule has 2 N–H and O–H groups in total. The minimum atomic E-state index is -0.248. The molecule has 1 unspecified atom stereocenters. The highest BCUT2D eigenvalue weighted by atomic mass is 16.2. The summed E-state index contributed by atoms with van der Waals surface area (Å²) in [7, 11) is 1.86. The first-order valence-corrected chi connectivity index (χ1v) is 6.72. The van der Waals surface area contributed by atoms with Gasteiger partial charge in [0.2, 0.25) is 5.91 Å². The Morgan fingerprint density at radius 2 is 2.17 bits per heavy atom. The number of nitrogens with zero attached hydrogens (tertiary/aromatic N) is 2. The van der Waals surface area contributed by atoms with Crippen molar-refractivity contribution in [2.45, 2.75) is 51.1 Å². The molecule has 1 fully saturated rings. The topological polar surface area (TPSA) is 59.0 Å². The molecule has 18 heavy (non-hydrogen) atoms. The summed E-state index contributed by atoms with van der Waals surface area (Å²) < 4.78 is 1.72. The maximum absolute atomic E-state index is 12.0. The molecule has 0 radical (unpaired) electrons. The monoisotopic (exact) mass is 250 g/mol. The number of aromatic nitrogens is 2. The van der Waals surface area contributed by atoms with Crippen LogP contribution in [0.25, 0.3) is 0 Å². The van der Waals surface area contributed by atoms with Gasteiger partial charge in [-0.25, -0.2) is 0 Å². The second-order valence-electron chi connectivity index (χ2n) is 5.08. The Hall–Kier alpha value is -1.52. The van der Waals surface area contributed by atoms with Gasteiger partial charge in [-0.15, -0.1) is 0 Å². The summed E-state index contributed by atoms with van der Waals surface area (Å²) in [6.07, 6.45) is 7.84. The molecule has 1 amide bonds. The summed E-state index contributed by atoms with van der Waals surface area (Å²) in [4.78, 5) is 12.0. The van der Waals surface area contributed by atoms with Crippen molar-refractivity contribution in [1.82, 2.24) is 15.1 Å². The average molecular weight is 250 g/mol. The first-order valence-electron chi connectivity index (χ1n) is 6.72. The lowest BCUT2D eigenvalue weighted by molar-refractivity contribution is -0.122. The Morgan fingerprint density at radius 3 is 2.78 bits per heavy atom. The maximum atomic E-state index is 12.0. The molecule has 5 nitrogen and oxygen atoms in total. The third-order valence-corrected chi connectivity index (χ3v) is 3.42. The summed E-state index contributed by atoms with van der Waals surface area (Å²) in [6, 6.07) is 1.98. The fraction of sp³-hybridized carbons (Fsp3) is 0.692. The van der Waals surface area contributed by atoms with Crippen molar-refractivity contribution < 1.29 is 4.79 Å². The van der Waals surface area contributed by atoms with E-state index in [4.69, 9.17) is 0 Å². The normalized spacial score (nSPS) is 18.3. The fourth-order valence-corrected chi connectivity index (χ4v) is 2.35. The minimum absolute atomic E-state index is 0.0625. The van der Waals surface area contributed by atoms with Gasteiger partial charge < -0.3 is 10.6 Å². The van der Waals surface area contributed by atoms with Gasteiger partial charge in [-0.05, 0) is 19.8 Å². The second-order valence-corrected chi connectivity index (χ2v) is 5.08. The average Bonchev–Trinajstić information content (AvgIpc) is 2.76. The standard InChI is InChI=1S/C13H22N4O/c1-10(14-12-8-9-17(2)16-12)13(18)15-11-6-4-3-5-7-11/h8-11H,3-7H2,1-2H3,(H,14,16)(H,15,18). The van der Waals surface area contributed by atoms with Crippen LogP contribution in [0.2, 0.25) is 0 Å². The van der Waals surface area contributed by atoms with Crippen LogP contribution in [0.15, 0.2) is 12.3 Å². The zero-order valence-corrected chi connectivity index (χ0v) is 11.1. The molecule has 1 atom stereocenters. The molecule has 2 rings (SSSR count). The molecule has 0 aliphatic heterocycles. The Bertz CT molecular complexity index is 395. The second kappa shape index (κ2) is 5.89. The molecule has 1 saturated carbocycles. The van der Waals surface area contributed by atoms with E-state index in [1.807, 2.05) is 26.2 Å². The van der Waals surface area contributed by atoms with Gasteiger partial charge in [0.05, 0.1) is 0 Å². The van der Waals surface area contributed by atoms with E-state index in [2.05, 4.69) is 15.7 Å². The molecule has 1 aromatic rings. The molecule has 100 valence electrons. The number of nitrogens with one attached hydrogen (secondary N) is 2. The van der Waals surface area contributed by atoms with Crippen molar-refractivity contribution in [2.75, 3.05) is 5.32 Å². The molecule has 0 saturated heterocycles. The third-order valence-electron chi connectivity index (χ3n) is 3.42. The number of hydrogen-bond acceptors (Lipinski definition) is 3. The van der Waals surface area contributed by atoms with E-state index in [9.17, 15) is 4.79 Å². The summed E-state index contributed by atoms with van der Waals surface area (Å²) in [5.74, 6) is 0.802. The molecule has 1 aliphatic rings. The van der Waals surface area contributed by atoms with Gasteiger partial charge in [0.1, 0.15) is 11.9 Å². The quantitative estimate of drug-likeness (QED) is 0.854. The molecule has 1 heterocycles. The van der Waals surface area contributed by atoms with Crippen molar-refractivity contribution in [1.29, 1.82) is 0 Å². The van der Waals surface area contributed by atoms with Gasteiger partial charge in [-0.3, -0.25) is 9.48 Å². The zero-order valence-electron chi connectivity index (χ0n) is 11.1. The van der Waals surface area contributed by atoms with E-state index < -0.39 is 0 Å². The van der Waals surface area contributed by atoms with Crippen molar-refractivity contribution in [3.05, 3.63) is 12.3 Å². The number of rotatable bonds is 4. The van der Waals surface area contributed by atoms with E-state index >= 15 is 0 Å². The number of aryl methyl sites for hydroxylation is 1. The van der Waals surface area contributed by atoms with Crippen molar-refractivity contribution >= 4 is 11.7 Å². The summed E-state index contributed by atoms with van der Waals surface area (Å²) in [5, 5.41) is 10.4. The molecule has 5 heteroatoms. The lowest BCUT2D eigenvalue weighted by atomic mass is 9.95. The van der Waals surface area contributed by atoms with E-state index in [0.717, 1.165) is 18.7 Å². The minimum Gasteiger partial charge on any atom is -0.357 e. The van der Waals surface area contributed by atoms with Crippen LogP contribution < -0.4 is 10.6 Å². The smallest absolute Gasteiger partial charge is 0.242 e. The van der Waals surface area contributed by atoms with Gasteiger partial charge >= 0.3 is 0 Å². The molecule has 0 aromatic carbocycles. The largest absolute Gasteiger partial charge is 0.357 e. The molecule has 0 bridgehead atoms. The zero-order chi connectivity index (χ0) is 13.0. The summed E-state index contributed by atoms with van der Waals surface area (Å²) >= 11 is 0. The molecular weight excluding hydrogens is 228 g/mol. The predicted octanol–water partition coefficient (Wildman–Crippen LogP) is 1.67. The number of amides is 1. The van der Waals surface area contributed by atoms with E-state index in [1.165, 1.54) is 19.3 Å². The maximum Gasteiger partial charge on any atom is 0.242 e. The highest BCUT2D eigenvalue weighted by Gasteiger charge is 2.19. The Balaban J connectivity index is 1.80. The molecular formula is C13H22N4O. The van der Waals surface area contributed by atoms with E-state index in [-0.39, 0.29) is 11.9 Å². The first-order chi connectivity index (χ1) is 8.65. The molecule has 0 spiro atoms. The van der Waals surface area contributed by atoms with Crippen LogP contribution in [0.3, 0.4) is 0 Å². The number of carbonyl (C=O) groups excluding carboxylic acids is 1. The lowest BCUT2D eigenvalue weighted by Gasteiger charge is -2.24. The lowest BCUT2D eigenvalue weighted by Crippen LogP contribution is -2.44. The van der Waals surface area contributed by atoms with Crippen LogP contribution in [0.4, 0.5) is 5.82 Å². The summed E-state index contributed by atoms with van der Waals surface area (Å²) in [6.45, 7) is 1.87. The van der Waals surface area contributed by atoms with Crippen LogP contribution in [0.1, 0.15) is 39.0 Å². The molecule has 1 aliphatic carbocycles. The van der Waals surface area contributed by atoms with Gasteiger partial charge in [0.15, 0.2) is 0 Å². The number of carbonyl (C=O) groups is 1. The van der Waals surface area contributed by atoms with Crippen LogP contribution in [-0.2, 0) is 11.8 Å². The van der Waals surface area contributed by atoms with Gasteiger partial charge in [0.25, 0.3) is 0 Å². The highest BCUT2D eigenvalue weighted by Crippen LogP contribution is 2.17. The van der Waals surface area contributed by atoms with Crippen molar-refractivity contribution in [3.8, 4) is 0 Å². The van der Waals surface area contributed by atoms with Crippen molar-refractivity contribution in [2.24, 2.45) is 7.05 Å². The van der Waals surface area contributed by atoms with Crippen LogP contribution >= 0.6 is 0 Å². The Kier molecular flexibility index (Phi) is 4.23. The Labute approximate surface area is 108 Å². The van der Waals surface area contributed by atoms with Gasteiger partial charge in [0, 0.05) is 25.4 Å². The van der Waals surface area contributed by atoms with Crippen molar-refractivity contribution in [3.63, 3.8) is 0 Å². The van der Waals surface area contributed by atoms with Gasteiger partial charge in [-0.1, -0.05) is 19.3 Å². The summed E-state index contributed by atoms with van der Waals surface area (Å²) in [5.41, 5.74) is 0. The van der Waals surface area contributed by atoms with E-state index in [1.54, 1.807) is 4.68 Å².